The third-order valence-electron chi connectivity index (χ3n) is 4.68. The Labute approximate surface area is 193 Å². The molecule has 3 rings (SSSR count). The largest absolute Gasteiger partial charge is 0.505 e. The second-order valence-corrected chi connectivity index (χ2v) is 9.68. The van der Waals surface area contributed by atoms with E-state index in [9.17, 15) is 36.4 Å². The predicted octanol–water partition coefficient (Wildman–Crippen LogP) is 2.14. The van der Waals surface area contributed by atoms with Gasteiger partial charge in [0.1, 0.15) is 15.5 Å². The summed E-state index contributed by atoms with van der Waals surface area (Å²) in [5, 5.41) is 30.5. The number of nitrogens with two attached hydrogens (primary N) is 1. The van der Waals surface area contributed by atoms with Gasteiger partial charge in [-0.1, -0.05) is 12.1 Å². The van der Waals surface area contributed by atoms with Gasteiger partial charge in [0.15, 0.2) is 23.0 Å². The molecule has 0 saturated carbocycles. The van der Waals surface area contributed by atoms with Crippen LogP contribution in [0.25, 0.3) is 10.8 Å². The molecule has 0 fully saturated rings. The summed E-state index contributed by atoms with van der Waals surface area (Å²) in [5.74, 6) is -2.13. The van der Waals surface area contributed by atoms with E-state index in [4.69, 9.17) is 10.3 Å². The highest BCUT2D eigenvalue weighted by atomic mass is 32.2. The van der Waals surface area contributed by atoms with Gasteiger partial charge in [-0.3, -0.25) is 13.9 Å². The summed E-state index contributed by atoms with van der Waals surface area (Å²) in [4.78, 5) is 10.3. The summed E-state index contributed by atoms with van der Waals surface area (Å²) < 4.78 is 65.8. The van der Waals surface area contributed by atoms with Gasteiger partial charge in [-0.05, 0) is 31.3 Å². The molecule has 0 spiro atoms. The zero-order valence-electron chi connectivity index (χ0n) is 17.3. The number of likely N-dealkylation sites (N-methyl/N-ethyl adjacent to an activating group) is 1. The molecule has 0 unspecified atom stereocenters. The average molecular weight is 511 g/mol. The van der Waals surface area contributed by atoms with E-state index in [1.807, 2.05) is 0 Å². The average Bonchev–Trinajstić information content (AvgIpc) is 2.74. The Kier molecular flexibility index (Phi) is 6.59. The number of nitrogen functional groups attached to an aromatic ring is 1. The summed E-state index contributed by atoms with van der Waals surface area (Å²) in [7, 11) is -8.37. The summed E-state index contributed by atoms with van der Waals surface area (Å²) in [6, 6.07) is 6.96. The molecule has 3 aromatic rings. The molecule has 3 aromatic carbocycles. The Balaban J connectivity index is 2.29. The number of anilines is 1. The number of hydrogen-bond acceptors (Lipinski definition) is 11. The maximum atomic E-state index is 12.2. The number of fused-ring (bicyclic) bond motifs is 1. The number of para-hydroxylation sites is 1. The van der Waals surface area contributed by atoms with Crippen LogP contribution in [-0.2, 0) is 20.2 Å². The fourth-order valence-electron chi connectivity index (χ4n) is 3.15. The van der Waals surface area contributed by atoms with Gasteiger partial charge in [-0.2, -0.15) is 16.8 Å². The fraction of sp³-hybridized carbons (Fsp3) is 0.105. The van der Waals surface area contributed by atoms with Crippen molar-refractivity contribution in [3.8, 4) is 11.5 Å². The molecule has 0 amide bonds. The number of nitrogens with zero attached hydrogens (tertiary/aromatic N) is 2. The van der Waals surface area contributed by atoms with E-state index in [0.29, 0.717) is 0 Å². The highest BCUT2D eigenvalue weighted by molar-refractivity contribution is 7.86. The number of Topliss-reactive ketones (excluding diaryl/α,β-unsaturated/α-hetero) is 1. The Hall–Kier alpha value is -3.63. The number of phenolic OH excluding ortho intramolecular Hbond substituents is 2. The van der Waals surface area contributed by atoms with E-state index in [-0.39, 0.29) is 28.7 Å². The third-order valence-corrected chi connectivity index (χ3v) is 6.49. The van der Waals surface area contributed by atoms with Gasteiger partial charge in [-0.15, -0.1) is 10.2 Å². The molecule has 0 saturated heterocycles. The minimum atomic E-state index is -5.10. The molecule has 0 heterocycles. The topological polar surface area (TPSA) is 229 Å². The second kappa shape index (κ2) is 8.96. The molecule has 34 heavy (non-hydrogen) atoms. The summed E-state index contributed by atoms with van der Waals surface area (Å²) in [5.41, 5.74) is 4.25. The fourth-order valence-corrected chi connectivity index (χ4v) is 4.52. The summed E-state index contributed by atoms with van der Waals surface area (Å²) in [6.07, 6.45) is 0. The number of benzene rings is 3. The zero-order chi connectivity index (χ0) is 25.4. The van der Waals surface area contributed by atoms with Crippen LogP contribution in [0.4, 0.5) is 17.1 Å². The van der Waals surface area contributed by atoms with Crippen molar-refractivity contribution in [2.24, 2.45) is 10.2 Å². The predicted molar refractivity (Wildman–Crippen MR) is 120 cm³/mol. The molecule has 0 aromatic heterocycles. The van der Waals surface area contributed by atoms with E-state index in [1.165, 1.54) is 18.2 Å². The van der Waals surface area contributed by atoms with E-state index in [0.717, 1.165) is 18.2 Å². The molecule has 0 aliphatic heterocycles. The van der Waals surface area contributed by atoms with Gasteiger partial charge in [-0.25, -0.2) is 0 Å². The SMILES string of the molecule is CNCC(=O)c1ccc2c(O)c(N=Nc3cccc(S(=O)(=O)O)c3O)c(S(=O)(=O)O)c(N)c2c1. The molecule has 0 aliphatic carbocycles. The van der Waals surface area contributed by atoms with Crippen molar-refractivity contribution >= 4 is 53.9 Å². The van der Waals surface area contributed by atoms with Gasteiger partial charge < -0.3 is 21.3 Å². The third kappa shape index (κ3) is 4.68. The Morgan fingerprint density at radius 1 is 0.971 bits per heavy atom. The standard InChI is InChI=1S/C19H18N4O9S2/c1-21-8-13(24)9-5-6-10-11(7-9)15(20)19(34(30,31)32)16(17(10)25)23-22-12-3-2-4-14(18(12)26)33(27,28)29/h2-7,21,25-26H,8,20H2,1H3,(H,27,28,29)(H,30,31,32). The molecule has 15 heteroatoms. The maximum absolute atomic E-state index is 12.2. The van der Waals surface area contributed by atoms with Crippen LogP contribution < -0.4 is 11.1 Å². The smallest absolute Gasteiger partial charge is 0.298 e. The number of aromatic hydroxyl groups is 2. The van der Waals surface area contributed by atoms with E-state index >= 15 is 0 Å². The Bertz CT molecular complexity index is 1570. The van der Waals surface area contributed by atoms with Crippen LogP contribution in [0.3, 0.4) is 0 Å². The van der Waals surface area contributed by atoms with Crippen LogP contribution in [-0.4, -0.2) is 55.5 Å². The molecule has 180 valence electrons. The molecule has 7 N–H and O–H groups in total. The van der Waals surface area contributed by atoms with Gasteiger partial charge in [0, 0.05) is 16.3 Å². The van der Waals surface area contributed by atoms with Crippen LogP contribution in [0.15, 0.2) is 56.4 Å². The lowest BCUT2D eigenvalue weighted by atomic mass is 10.0. The van der Waals surface area contributed by atoms with Crippen LogP contribution in [0, 0.1) is 0 Å². The minimum absolute atomic E-state index is 0.0268. The minimum Gasteiger partial charge on any atom is -0.505 e. The number of nitrogens with one attached hydrogen (secondary N) is 1. The molecular weight excluding hydrogens is 492 g/mol. The zero-order valence-corrected chi connectivity index (χ0v) is 18.9. The first-order valence-corrected chi connectivity index (χ1v) is 12.1. The van der Waals surface area contributed by atoms with Crippen molar-refractivity contribution in [2.45, 2.75) is 9.79 Å². The lowest BCUT2D eigenvalue weighted by Gasteiger charge is -2.13. The number of carbonyl (C=O) groups excluding carboxylic acids is 1. The van der Waals surface area contributed by atoms with Crippen molar-refractivity contribution in [2.75, 3.05) is 19.3 Å². The Morgan fingerprint density at radius 3 is 2.24 bits per heavy atom. The number of phenols is 2. The molecular formula is C19H18N4O9S2. The van der Waals surface area contributed by atoms with Crippen LogP contribution in [0.2, 0.25) is 0 Å². The molecule has 0 radical (unpaired) electrons. The number of rotatable bonds is 7. The van der Waals surface area contributed by atoms with Crippen LogP contribution >= 0.6 is 0 Å². The van der Waals surface area contributed by atoms with E-state index < -0.39 is 58.6 Å². The normalized spacial score (nSPS) is 12.4. The van der Waals surface area contributed by atoms with Crippen molar-refractivity contribution < 1.29 is 40.9 Å². The van der Waals surface area contributed by atoms with Crippen LogP contribution in [0.1, 0.15) is 10.4 Å². The van der Waals surface area contributed by atoms with E-state index in [2.05, 4.69) is 15.5 Å². The Morgan fingerprint density at radius 2 is 1.65 bits per heavy atom. The molecule has 13 nitrogen and oxygen atoms in total. The number of carbonyl (C=O) groups is 1. The molecule has 0 atom stereocenters. The second-order valence-electron chi connectivity index (χ2n) is 6.93. The van der Waals surface area contributed by atoms with E-state index in [1.54, 1.807) is 7.05 Å². The summed E-state index contributed by atoms with van der Waals surface area (Å²) in [6.45, 7) is -0.0268. The van der Waals surface area contributed by atoms with Crippen molar-refractivity contribution in [1.29, 1.82) is 0 Å². The highest BCUT2D eigenvalue weighted by Crippen LogP contribution is 2.46. The van der Waals surface area contributed by atoms with Gasteiger partial charge in [0.25, 0.3) is 20.2 Å². The van der Waals surface area contributed by atoms with Crippen molar-refractivity contribution in [3.63, 3.8) is 0 Å². The monoisotopic (exact) mass is 510 g/mol. The number of azo groups is 1. The maximum Gasteiger partial charge on any atom is 0.298 e. The van der Waals surface area contributed by atoms with Gasteiger partial charge in [0.05, 0.1) is 12.2 Å². The first kappa shape index (κ1) is 25.0. The van der Waals surface area contributed by atoms with Gasteiger partial charge >= 0.3 is 0 Å². The first-order chi connectivity index (χ1) is 15.8. The van der Waals surface area contributed by atoms with Crippen molar-refractivity contribution in [1.82, 2.24) is 5.32 Å². The first-order valence-electron chi connectivity index (χ1n) is 9.22. The molecule has 0 bridgehead atoms. The van der Waals surface area contributed by atoms with Gasteiger partial charge in [0.2, 0.25) is 0 Å². The van der Waals surface area contributed by atoms with Crippen LogP contribution in [0.5, 0.6) is 11.5 Å². The lowest BCUT2D eigenvalue weighted by molar-refractivity contribution is 0.0993. The quantitative estimate of drug-likeness (QED) is 0.0886. The lowest BCUT2D eigenvalue weighted by Crippen LogP contribution is -2.18. The van der Waals surface area contributed by atoms with Crippen molar-refractivity contribution in [3.05, 3.63) is 42.0 Å². The number of ketones is 1. The molecule has 0 aliphatic rings. The summed E-state index contributed by atoms with van der Waals surface area (Å²) >= 11 is 0. The number of hydrogen-bond donors (Lipinski definition) is 6. The highest BCUT2D eigenvalue weighted by Gasteiger charge is 2.27.